The first-order valence-corrected chi connectivity index (χ1v) is 13.0. The van der Waals surface area contributed by atoms with E-state index in [-0.39, 0.29) is 0 Å². The van der Waals surface area contributed by atoms with Gasteiger partial charge >= 0.3 is 0 Å². The number of benzene rings is 1. The maximum absolute atomic E-state index is 5.57. The summed E-state index contributed by atoms with van der Waals surface area (Å²) in [7, 11) is 3.36. The number of ether oxygens (including phenoxy) is 3. The molecule has 8 heteroatoms. The van der Waals surface area contributed by atoms with E-state index in [2.05, 4.69) is 33.8 Å². The van der Waals surface area contributed by atoms with Gasteiger partial charge in [-0.3, -0.25) is 4.90 Å². The van der Waals surface area contributed by atoms with Gasteiger partial charge in [-0.1, -0.05) is 13.0 Å². The fourth-order valence-corrected chi connectivity index (χ4v) is 6.23. The summed E-state index contributed by atoms with van der Waals surface area (Å²) in [6.45, 7) is 8.55. The molecule has 2 aliphatic rings. The lowest BCUT2D eigenvalue weighted by Gasteiger charge is -2.31. The van der Waals surface area contributed by atoms with E-state index in [1.807, 2.05) is 17.4 Å². The third-order valence-electron chi connectivity index (χ3n) is 6.98. The highest BCUT2D eigenvalue weighted by Crippen LogP contribution is 2.41. The summed E-state index contributed by atoms with van der Waals surface area (Å²) in [5.74, 6) is 3.25. The topological polar surface area (TPSA) is 60.0 Å². The number of methoxy groups -OCH3 is 2. The second-order valence-corrected chi connectivity index (χ2v) is 10.4. The van der Waals surface area contributed by atoms with Gasteiger partial charge in [0.2, 0.25) is 0 Å². The normalized spacial score (nSPS) is 18.6. The Morgan fingerprint density at radius 2 is 1.97 bits per heavy atom. The van der Waals surface area contributed by atoms with Gasteiger partial charge in [0.05, 0.1) is 32.8 Å². The summed E-state index contributed by atoms with van der Waals surface area (Å²) in [5.41, 5.74) is 2.64. The van der Waals surface area contributed by atoms with E-state index in [9.17, 15) is 0 Å². The van der Waals surface area contributed by atoms with E-state index in [4.69, 9.17) is 19.2 Å². The Balaban J connectivity index is 1.50. The van der Waals surface area contributed by atoms with E-state index >= 15 is 0 Å². The van der Waals surface area contributed by atoms with E-state index in [1.165, 1.54) is 27.8 Å². The van der Waals surface area contributed by atoms with Crippen LogP contribution in [0.25, 0.3) is 10.2 Å². The van der Waals surface area contributed by atoms with Crippen molar-refractivity contribution in [2.45, 2.75) is 32.7 Å². The molecule has 1 unspecified atom stereocenters. The summed E-state index contributed by atoms with van der Waals surface area (Å²) in [5, 5.41) is 1.26. The minimum Gasteiger partial charge on any atom is -0.493 e. The van der Waals surface area contributed by atoms with Gasteiger partial charge in [-0.25, -0.2) is 9.97 Å². The number of morpholine rings is 1. The Bertz CT molecular complexity index is 1130. The average molecular weight is 483 g/mol. The first kappa shape index (κ1) is 23.3. The van der Waals surface area contributed by atoms with Gasteiger partial charge in [-0.2, -0.15) is 0 Å². The van der Waals surface area contributed by atoms with Crippen molar-refractivity contribution in [2.75, 3.05) is 58.5 Å². The molecule has 34 heavy (non-hydrogen) atoms. The van der Waals surface area contributed by atoms with Crippen LogP contribution in [0, 0.1) is 5.92 Å². The molecule has 0 spiro atoms. The Kier molecular flexibility index (Phi) is 7.18. The van der Waals surface area contributed by atoms with Crippen molar-refractivity contribution in [1.82, 2.24) is 14.9 Å². The zero-order valence-corrected chi connectivity index (χ0v) is 21.2. The quantitative estimate of drug-likeness (QED) is 0.478. The number of aryl methyl sites for hydroxylation is 1. The summed E-state index contributed by atoms with van der Waals surface area (Å²) < 4.78 is 16.6. The van der Waals surface area contributed by atoms with Crippen LogP contribution in [-0.2, 0) is 24.1 Å². The molecule has 1 fully saturated rings. The summed E-state index contributed by atoms with van der Waals surface area (Å²) in [4.78, 5) is 17.1. The van der Waals surface area contributed by atoms with Crippen molar-refractivity contribution >= 4 is 27.4 Å². The Labute approximate surface area is 205 Å². The Morgan fingerprint density at radius 1 is 1.15 bits per heavy atom. The first-order chi connectivity index (χ1) is 16.7. The van der Waals surface area contributed by atoms with Crippen LogP contribution in [0.3, 0.4) is 0 Å². The lowest BCUT2D eigenvalue weighted by molar-refractivity contribution is 0.0391. The third-order valence-corrected chi connectivity index (χ3v) is 8.18. The highest BCUT2D eigenvalue weighted by Gasteiger charge is 2.26. The molecule has 1 atom stereocenters. The first-order valence-electron chi connectivity index (χ1n) is 12.2. The molecule has 0 N–H and O–H groups in total. The minimum absolute atomic E-state index is 0.700. The van der Waals surface area contributed by atoms with E-state index in [0.717, 1.165) is 80.9 Å². The van der Waals surface area contributed by atoms with Crippen LogP contribution in [0.4, 0.5) is 5.82 Å². The monoisotopic (exact) mass is 482 g/mol. The summed E-state index contributed by atoms with van der Waals surface area (Å²) >= 11 is 1.86. The van der Waals surface area contributed by atoms with Gasteiger partial charge in [0, 0.05) is 37.6 Å². The van der Waals surface area contributed by atoms with Crippen LogP contribution < -0.4 is 14.4 Å². The summed E-state index contributed by atoms with van der Waals surface area (Å²) in [6.07, 6.45) is 5.26. The maximum Gasteiger partial charge on any atom is 0.161 e. The minimum atomic E-state index is 0.700. The van der Waals surface area contributed by atoms with Crippen molar-refractivity contribution in [3.05, 3.63) is 40.5 Å². The molecule has 1 aliphatic heterocycles. The number of hydrogen-bond acceptors (Lipinski definition) is 8. The molecule has 0 saturated carbocycles. The van der Waals surface area contributed by atoms with Gasteiger partial charge in [-0.05, 0) is 48.4 Å². The van der Waals surface area contributed by atoms with E-state index in [0.29, 0.717) is 5.92 Å². The largest absolute Gasteiger partial charge is 0.493 e. The Hall–Kier alpha value is -2.42. The second kappa shape index (κ2) is 10.5. The fourth-order valence-electron chi connectivity index (χ4n) is 5.05. The molecule has 1 aliphatic carbocycles. The van der Waals surface area contributed by atoms with Crippen LogP contribution >= 0.6 is 11.3 Å². The fraction of sp³-hybridized carbons (Fsp3) is 0.538. The van der Waals surface area contributed by atoms with Gasteiger partial charge < -0.3 is 19.1 Å². The smallest absolute Gasteiger partial charge is 0.161 e. The van der Waals surface area contributed by atoms with Crippen molar-refractivity contribution in [3.8, 4) is 11.5 Å². The molecule has 5 rings (SSSR count). The highest BCUT2D eigenvalue weighted by atomic mass is 32.1. The average Bonchev–Trinajstić information content (AvgIpc) is 3.25. The molecule has 1 aromatic carbocycles. The van der Waals surface area contributed by atoms with Crippen LogP contribution in [0.1, 0.15) is 29.3 Å². The lowest BCUT2D eigenvalue weighted by atomic mass is 9.88. The van der Waals surface area contributed by atoms with Crippen molar-refractivity contribution in [2.24, 2.45) is 5.92 Å². The van der Waals surface area contributed by atoms with E-state index in [1.54, 1.807) is 20.5 Å². The van der Waals surface area contributed by atoms with Crippen LogP contribution in [-0.4, -0.2) is 68.5 Å². The number of anilines is 1. The number of hydrogen-bond donors (Lipinski definition) is 0. The second-order valence-electron chi connectivity index (χ2n) is 9.29. The van der Waals surface area contributed by atoms with Crippen molar-refractivity contribution in [1.29, 1.82) is 0 Å². The van der Waals surface area contributed by atoms with E-state index < -0.39 is 0 Å². The molecule has 3 aromatic rings. The summed E-state index contributed by atoms with van der Waals surface area (Å²) in [6, 6.07) is 6.18. The maximum atomic E-state index is 5.57. The van der Waals surface area contributed by atoms with Gasteiger partial charge in [-0.15, -0.1) is 11.3 Å². The van der Waals surface area contributed by atoms with Gasteiger partial charge in [0.25, 0.3) is 0 Å². The molecule has 0 radical (unpaired) electrons. The molecule has 0 bridgehead atoms. The van der Waals surface area contributed by atoms with Crippen LogP contribution in [0.15, 0.2) is 24.5 Å². The number of nitrogens with zero attached hydrogens (tertiary/aromatic N) is 4. The SMILES string of the molecule is COc1ccc(CN(CCN2CCOCC2)c2ncnc3sc4c(c23)CC(C)CC4)cc1OC. The molecule has 182 valence electrons. The molecule has 0 amide bonds. The molecule has 2 aromatic heterocycles. The zero-order valence-electron chi connectivity index (χ0n) is 20.4. The van der Waals surface area contributed by atoms with Crippen molar-refractivity contribution in [3.63, 3.8) is 0 Å². The molecule has 3 heterocycles. The van der Waals surface area contributed by atoms with Crippen LogP contribution in [0.5, 0.6) is 11.5 Å². The molecule has 1 saturated heterocycles. The number of aromatic nitrogens is 2. The third kappa shape index (κ3) is 4.85. The Morgan fingerprint density at radius 3 is 2.76 bits per heavy atom. The standard InChI is InChI=1S/C26H34N4O3S/c1-18-4-7-23-20(14-18)24-25(27-17-28-26(24)34-23)30(9-8-29-10-12-33-13-11-29)16-19-5-6-21(31-2)22(15-19)32-3/h5-6,15,17-18H,4,7-14,16H2,1-3H3. The predicted octanol–water partition coefficient (Wildman–Crippen LogP) is 4.17. The molecular formula is C26H34N4O3S. The number of rotatable bonds is 8. The van der Waals surface area contributed by atoms with Gasteiger partial charge in [0.1, 0.15) is 17.0 Å². The zero-order chi connectivity index (χ0) is 23.5. The highest BCUT2D eigenvalue weighted by molar-refractivity contribution is 7.19. The lowest BCUT2D eigenvalue weighted by Crippen LogP contribution is -2.41. The molecule has 7 nitrogen and oxygen atoms in total. The van der Waals surface area contributed by atoms with Gasteiger partial charge in [0.15, 0.2) is 11.5 Å². The number of fused-ring (bicyclic) bond motifs is 3. The van der Waals surface area contributed by atoms with Crippen LogP contribution in [0.2, 0.25) is 0 Å². The number of thiophene rings is 1. The predicted molar refractivity (Wildman–Crippen MR) is 136 cm³/mol. The van der Waals surface area contributed by atoms with Crippen molar-refractivity contribution < 1.29 is 14.2 Å². The molecular weight excluding hydrogens is 448 g/mol.